The van der Waals surface area contributed by atoms with Gasteiger partial charge in [-0.15, -0.1) is 0 Å². The Morgan fingerprint density at radius 3 is 2.35 bits per heavy atom. The number of amides is 1. The number of hydrogen-bond donors (Lipinski definition) is 3. The third-order valence-electron chi connectivity index (χ3n) is 2.87. The summed E-state index contributed by atoms with van der Waals surface area (Å²) in [5.41, 5.74) is 7.52. The summed E-state index contributed by atoms with van der Waals surface area (Å²) in [5, 5.41) is 11.2. The number of rotatable bonds is 7. The van der Waals surface area contributed by atoms with Gasteiger partial charge in [0.2, 0.25) is 5.91 Å². The lowest BCUT2D eigenvalue weighted by atomic mass is 10.0. The minimum absolute atomic E-state index is 0.109. The van der Waals surface area contributed by atoms with E-state index in [1.54, 1.807) is 0 Å². The van der Waals surface area contributed by atoms with Gasteiger partial charge in [-0.25, -0.2) is 0 Å². The zero-order valence-electron chi connectivity index (χ0n) is 11.9. The van der Waals surface area contributed by atoms with Gasteiger partial charge in [0.05, 0.1) is 6.04 Å². The fourth-order valence-electron chi connectivity index (χ4n) is 1.84. The fourth-order valence-corrected chi connectivity index (χ4v) is 1.84. The summed E-state index contributed by atoms with van der Waals surface area (Å²) in [6.45, 7) is 4.30. The van der Waals surface area contributed by atoms with Crippen LogP contribution < -0.4 is 11.1 Å². The molecule has 0 unspecified atom stereocenters. The van der Waals surface area contributed by atoms with Crippen molar-refractivity contribution in [2.75, 3.05) is 5.32 Å². The highest BCUT2D eigenvalue weighted by Crippen LogP contribution is 2.13. The third kappa shape index (κ3) is 5.84. The molecule has 1 amide bonds. The number of hydrogen-bond acceptors (Lipinski definition) is 3. The zero-order chi connectivity index (χ0) is 15.1. The second-order valence-electron chi connectivity index (χ2n) is 5.32. The van der Waals surface area contributed by atoms with Gasteiger partial charge in [-0.1, -0.05) is 26.0 Å². The molecule has 0 fully saturated rings. The molecule has 5 nitrogen and oxygen atoms in total. The van der Waals surface area contributed by atoms with Gasteiger partial charge in [0, 0.05) is 12.1 Å². The number of carbonyl (C=O) groups excluding carboxylic acids is 1. The van der Waals surface area contributed by atoms with Crippen LogP contribution in [0.1, 0.15) is 32.3 Å². The Labute approximate surface area is 119 Å². The number of anilines is 1. The summed E-state index contributed by atoms with van der Waals surface area (Å²) in [6.07, 6.45) is 1.01. The molecule has 5 heteroatoms. The molecular weight excluding hydrogens is 256 g/mol. The largest absolute Gasteiger partial charge is 0.481 e. The first-order valence-corrected chi connectivity index (χ1v) is 6.75. The number of carbonyl (C=O) groups is 2. The summed E-state index contributed by atoms with van der Waals surface area (Å²) < 4.78 is 0. The van der Waals surface area contributed by atoms with E-state index >= 15 is 0 Å². The second kappa shape index (κ2) is 7.65. The molecule has 0 saturated heterocycles. The van der Waals surface area contributed by atoms with Crippen LogP contribution in [-0.2, 0) is 16.0 Å². The van der Waals surface area contributed by atoms with Crippen LogP contribution in [0.15, 0.2) is 24.3 Å². The maximum Gasteiger partial charge on any atom is 0.303 e. The predicted octanol–water partition coefficient (Wildman–Crippen LogP) is 2.02. The van der Waals surface area contributed by atoms with Gasteiger partial charge >= 0.3 is 5.97 Å². The number of nitrogens with one attached hydrogen (secondary N) is 1. The molecule has 1 aromatic rings. The highest BCUT2D eigenvalue weighted by molar-refractivity contribution is 5.94. The molecule has 1 rings (SSSR count). The van der Waals surface area contributed by atoms with Crippen molar-refractivity contribution in [2.45, 2.75) is 39.2 Å². The van der Waals surface area contributed by atoms with Crippen molar-refractivity contribution in [1.82, 2.24) is 0 Å². The standard InChI is InChI=1S/C15H22N2O3/c1-10(2)9-11-3-5-12(6-4-11)17-15(20)13(16)7-8-14(18)19/h3-6,10,13H,7-9,16H2,1-2H3,(H,17,20)(H,18,19)/t13-/m0/s1. The first-order valence-electron chi connectivity index (χ1n) is 6.75. The maximum absolute atomic E-state index is 11.8. The average molecular weight is 278 g/mol. The van der Waals surface area contributed by atoms with Gasteiger partial charge in [0.1, 0.15) is 0 Å². The molecule has 110 valence electrons. The van der Waals surface area contributed by atoms with Crippen molar-refractivity contribution < 1.29 is 14.7 Å². The monoisotopic (exact) mass is 278 g/mol. The van der Waals surface area contributed by atoms with Crippen molar-refractivity contribution in [3.8, 4) is 0 Å². The second-order valence-corrected chi connectivity index (χ2v) is 5.32. The number of carboxylic acids is 1. The van der Waals surface area contributed by atoms with Gasteiger partial charge in [0.25, 0.3) is 0 Å². The highest BCUT2D eigenvalue weighted by Gasteiger charge is 2.14. The van der Waals surface area contributed by atoms with Crippen molar-refractivity contribution in [3.05, 3.63) is 29.8 Å². The summed E-state index contributed by atoms with van der Waals surface area (Å²) in [6, 6.07) is 6.80. The lowest BCUT2D eigenvalue weighted by Crippen LogP contribution is -2.36. The van der Waals surface area contributed by atoms with Crippen molar-refractivity contribution in [2.24, 2.45) is 11.7 Å². The van der Waals surface area contributed by atoms with Gasteiger partial charge in [-0.05, 0) is 36.5 Å². The first kappa shape index (κ1) is 16.2. The molecule has 0 saturated carbocycles. The van der Waals surface area contributed by atoms with Crippen molar-refractivity contribution >= 4 is 17.6 Å². The molecule has 1 aromatic carbocycles. The van der Waals surface area contributed by atoms with Gasteiger partial charge < -0.3 is 16.2 Å². The molecule has 0 spiro atoms. The van der Waals surface area contributed by atoms with Gasteiger partial charge in [0.15, 0.2) is 0 Å². The van der Waals surface area contributed by atoms with E-state index in [9.17, 15) is 9.59 Å². The van der Waals surface area contributed by atoms with Crippen LogP contribution in [0.3, 0.4) is 0 Å². The summed E-state index contributed by atoms with van der Waals surface area (Å²) in [5.74, 6) is -0.728. The normalized spacial score (nSPS) is 12.2. The van der Waals surface area contributed by atoms with Crippen molar-refractivity contribution in [1.29, 1.82) is 0 Å². The van der Waals surface area contributed by atoms with Crippen LogP contribution in [0.5, 0.6) is 0 Å². The molecule has 0 aliphatic carbocycles. The number of carboxylic acid groups (broad SMARTS) is 1. The highest BCUT2D eigenvalue weighted by atomic mass is 16.4. The molecule has 0 aliphatic rings. The minimum atomic E-state index is -0.953. The third-order valence-corrected chi connectivity index (χ3v) is 2.87. The Kier molecular flexibility index (Phi) is 6.18. The quantitative estimate of drug-likeness (QED) is 0.711. The van der Waals surface area contributed by atoms with Gasteiger partial charge in [-0.3, -0.25) is 9.59 Å². The predicted molar refractivity (Wildman–Crippen MR) is 78.5 cm³/mol. The summed E-state index contributed by atoms with van der Waals surface area (Å²) >= 11 is 0. The number of aliphatic carboxylic acids is 1. The molecule has 20 heavy (non-hydrogen) atoms. The Bertz CT molecular complexity index is 455. The average Bonchev–Trinajstić information content (AvgIpc) is 2.37. The Morgan fingerprint density at radius 1 is 1.25 bits per heavy atom. The molecule has 0 bridgehead atoms. The van der Waals surface area contributed by atoms with E-state index in [1.807, 2.05) is 24.3 Å². The van der Waals surface area contributed by atoms with E-state index in [4.69, 9.17) is 10.8 Å². The van der Waals surface area contributed by atoms with E-state index in [1.165, 1.54) is 5.56 Å². The fraction of sp³-hybridized carbons (Fsp3) is 0.467. The van der Waals surface area contributed by atoms with E-state index < -0.39 is 12.0 Å². The molecule has 0 aromatic heterocycles. The first-order chi connectivity index (χ1) is 9.38. The molecule has 4 N–H and O–H groups in total. The minimum Gasteiger partial charge on any atom is -0.481 e. The molecule has 1 atom stereocenters. The van der Waals surface area contributed by atoms with E-state index in [0.717, 1.165) is 6.42 Å². The molecule has 0 heterocycles. The Morgan fingerprint density at radius 2 is 1.85 bits per heavy atom. The molecule has 0 radical (unpaired) electrons. The smallest absolute Gasteiger partial charge is 0.303 e. The SMILES string of the molecule is CC(C)Cc1ccc(NC(=O)[C@@H](N)CCC(=O)O)cc1. The zero-order valence-corrected chi connectivity index (χ0v) is 11.9. The lowest BCUT2D eigenvalue weighted by Gasteiger charge is -2.12. The van der Waals surface area contributed by atoms with Crippen molar-refractivity contribution in [3.63, 3.8) is 0 Å². The Hall–Kier alpha value is -1.88. The maximum atomic E-state index is 11.8. The van der Waals surface area contributed by atoms with Crippen LogP contribution in [0.4, 0.5) is 5.69 Å². The van der Waals surface area contributed by atoms with Gasteiger partial charge in [-0.2, -0.15) is 0 Å². The number of nitrogens with two attached hydrogens (primary N) is 1. The van der Waals surface area contributed by atoms with E-state index in [2.05, 4.69) is 19.2 Å². The molecular formula is C15H22N2O3. The Balaban J connectivity index is 2.51. The topological polar surface area (TPSA) is 92.4 Å². The summed E-state index contributed by atoms with van der Waals surface area (Å²) in [4.78, 5) is 22.2. The van der Waals surface area contributed by atoms with Crippen LogP contribution in [0, 0.1) is 5.92 Å². The lowest BCUT2D eigenvalue weighted by molar-refractivity contribution is -0.137. The van der Waals surface area contributed by atoms with E-state index in [0.29, 0.717) is 11.6 Å². The molecule has 0 aliphatic heterocycles. The van der Waals surface area contributed by atoms with Crippen LogP contribution in [0.25, 0.3) is 0 Å². The van der Waals surface area contributed by atoms with Crippen LogP contribution >= 0.6 is 0 Å². The van der Waals surface area contributed by atoms with E-state index in [-0.39, 0.29) is 18.7 Å². The summed E-state index contributed by atoms with van der Waals surface area (Å²) in [7, 11) is 0. The van der Waals surface area contributed by atoms with Crippen LogP contribution in [-0.4, -0.2) is 23.0 Å². The van der Waals surface area contributed by atoms with Crippen LogP contribution in [0.2, 0.25) is 0 Å². The number of benzene rings is 1.